The van der Waals surface area contributed by atoms with E-state index in [2.05, 4.69) is 9.47 Å². The molecule has 0 aromatic carbocycles. The van der Waals surface area contributed by atoms with Crippen molar-refractivity contribution in [1.29, 1.82) is 0 Å². The van der Waals surface area contributed by atoms with Crippen LogP contribution in [0, 0.1) is 6.42 Å². The van der Waals surface area contributed by atoms with Crippen molar-refractivity contribution in [2.45, 2.75) is 20.0 Å². The number of hydrogen-bond acceptors (Lipinski definition) is 3. The summed E-state index contributed by atoms with van der Waals surface area (Å²) in [6.07, 6.45) is 0.953. The molecule has 3 heteroatoms. The average molecular weight is 131 g/mol. The van der Waals surface area contributed by atoms with Crippen molar-refractivity contribution in [2.75, 3.05) is 7.11 Å². The van der Waals surface area contributed by atoms with Gasteiger partial charge in [-0.3, -0.25) is 0 Å². The molecule has 0 fully saturated rings. The molecule has 53 valence electrons. The lowest BCUT2D eigenvalue weighted by atomic mass is 10.3. The molecule has 0 saturated carbocycles. The third kappa shape index (κ3) is 3.82. The van der Waals surface area contributed by atoms with Crippen LogP contribution < -0.4 is 0 Å². The van der Waals surface area contributed by atoms with Crippen LogP contribution in [-0.2, 0) is 9.47 Å². The zero-order chi connectivity index (χ0) is 7.28. The Hall–Kier alpha value is -0.730. The van der Waals surface area contributed by atoms with E-state index in [1.54, 1.807) is 13.3 Å². The maximum atomic E-state index is 10.3. The largest absolute Gasteiger partial charge is 0.508 e. The average Bonchev–Trinajstić information content (AvgIpc) is 1.87. The SMILES string of the molecule is C[CH][C@H](C)OC(=O)OC. The summed E-state index contributed by atoms with van der Waals surface area (Å²) in [4.78, 5) is 10.3. The summed E-state index contributed by atoms with van der Waals surface area (Å²) in [6.45, 7) is 3.57. The summed E-state index contributed by atoms with van der Waals surface area (Å²) in [5.41, 5.74) is 0. The molecule has 0 aromatic rings. The van der Waals surface area contributed by atoms with Crippen LogP contribution in [0.25, 0.3) is 0 Å². The monoisotopic (exact) mass is 131 g/mol. The molecule has 0 saturated heterocycles. The highest BCUT2D eigenvalue weighted by atomic mass is 16.7. The van der Waals surface area contributed by atoms with Crippen LogP contribution in [0.2, 0.25) is 0 Å². The molecule has 1 atom stereocenters. The van der Waals surface area contributed by atoms with E-state index in [1.165, 1.54) is 7.11 Å². The van der Waals surface area contributed by atoms with Gasteiger partial charge in [-0.15, -0.1) is 0 Å². The smallest absolute Gasteiger partial charge is 0.438 e. The predicted molar refractivity (Wildman–Crippen MR) is 32.9 cm³/mol. The summed E-state index contributed by atoms with van der Waals surface area (Å²) in [7, 11) is 1.28. The van der Waals surface area contributed by atoms with E-state index < -0.39 is 6.16 Å². The first-order valence-electron chi connectivity index (χ1n) is 2.74. The third-order valence-corrected chi connectivity index (χ3v) is 0.918. The minimum absolute atomic E-state index is 0.169. The topological polar surface area (TPSA) is 35.5 Å². The van der Waals surface area contributed by atoms with Gasteiger partial charge in [0.2, 0.25) is 0 Å². The first kappa shape index (κ1) is 8.27. The number of carbonyl (C=O) groups is 1. The van der Waals surface area contributed by atoms with Crippen molar-refractivity contribution >= 4 is 6.16 Å². The Balaban J connectivity index is 3.34. The lowest BCUT2D eigenvalue weighted by Crippen LogP contribution is -2.13. The van der Waals surface area contributed by atoms with Gasteiger partial charge in [-0.2, -0.15) is 0 Å². The van der Waals surface area contributed by atoms with Gasteiger partial charge in [0.15, 0.2) is 0 Å². The van der Waals surface area contributed by atoms with E-state index in [-0.39, 0.29) is 6.10 Å². The van der Waals surface area contributed by atoms with Crippen LogP contribution in [-0.4, -0.2) is 19.4 Å². The van der Waals surface area contributed by atoms with Gasteiger partial charge in [0.25, 0.3) is 0 Å². The van der Waals surface area contributed by atoms with Gasteiger partial charge >= 0.3 is 6.16 Å². The van der Waals surface area contributed by atoms with Crippen LogP contribution in [0.4, 0.5) is 4.79 Å². The molecular formula is C6H11O3. The molecule has 0 bridgehead atoms. The van der Waals surface area contributed by atoms with Crippen molar-refractivity contribution in [3.8, 4) is 0 Å². The van der Waals surface area contributed by atoms with Gasteiger partial charge in [-0.05, 0) is 13.3 Å². The number of methoxy groups -OCH3 is 1. The second kappa shape index (κ2) is 4.18. The quantitative estimate of drug-likeness (QED) is 0.531. The van der Waals surface area contributed by atoms with Crippen molar-refractivity contribution in [2.24, 2.45) is 0 Å². The summed E-state index contributed by atoms with van der Waals surface area (Å²) in [5, 5.41) is 0. The second-order valence-corrected chi connectivity index (χ2v) is 1.61. The zero-order valence-electron chi connectivity index (χ0n) is 5.88. The fourth-order valence-electron chi connectivity index (χ4n) is 0.268. The van der Waals surface area contributed by atoms with Crippen molar-refractivity contribution < 1.29 is 14.3 Å². The Kier molecular flexibility index (Phi) is 3.84. The summed E-state index contributed by atoms with van der Waals surface area (Å²) >= 11 is 0. The van der Waals surface area contributed by atoms with Gasteiger partial charge in [-0.1, -0.05) is 6.92 Å². The fraction of sp³-hybridized carbons (Fsp3) is 0.667. The molecule has 0 aromatic heterocycles. The molecule has 3 nitrogen and oxygen atoms in total. The van der Waals surface area contributed by atoms with Gasteiger partial charge in [0, 0.05) is 0 Å². The minimum atomic E-state index is -0.638. The zero-order valence-corrected chi connectivity index (χ0v) is 5.88. The maximum absolute atomic E-state index is 10.3. The first-order valence-corrected chi connectivity index (χ1v) is 2.74. The summed E-state index contributed by atoms with van der Waals surface area (Å²) in [6, 6.07) is 0. The molecular weight excluding hydrogens is 120 g/mol. The number of rotatable bonds is 2. The van der Waals surface area contributed by atoms with Crippen LogP contribution in [0.1, 0.15) is 13.8 Å². The van der Waals surface area contributed by atoms with Crippen LogP contribution in [0.3, 0.4) is 0 Å². The molecule has 0 aliphatic heterocycles. The molecule has 0 amide bonds. The van der Waals surface area contributed by atoms with Crippen LogP contribution in [0.15, 0.2) is 0 Å². The van der Waals surface area contributed by atoms with Crippen LogP contribution in [0.5, 0.6) is 0 Å². The summed E-state index contributed by atoms with van der Waals surface area (Å²) < 4.78 is 8.87. The first-order chi connectivity index (χ1) is 4.20. The number of carbonyl (C=O) groups excluding carboxylic acids is 1. The highest BCUT2D eigenvalue weighted by Gasteiger charge is 2.05. The lowest BCUT2D eigenvalue weighted by Gasteiger charge is -2.07. The van der Waals surface area contributed by atoms with Gasteiger partial charge < -0.3 is 9.47 Å². The Morgan fingerprint density at radius 1 is 1.67 bits per heavy atom. The predicted octanol–water partition coefficient (Wildman–Crippen LogP) is 1.38. The van der Waals surface area contributed by atoms with Crippen molar-refractivity contribution in [3.05, 3.63) is 6.42 Å². The maximum Gasteiger partial charge on any atom is 0.508 e. The van der Waals surface area contributed by atoms with E-state index in [1.807, 2.05) is 6.92 Å². The standard InChI is InChI=1S/C6H11O3/c1-4-5(2)9-6(7)8-3/h4-5H,1-3H3/t5-/m0/s1. The van der Waals surface area contributed by atoms with Crippen LogP contribution >= 0.6 is 0 Å². The fourth-order valence-corrected chi connectivity index (χ4v) is 0.268. The molecule has 0 rings (SSSR count). The third-order valence-electron chi connectivity index (χ3n) is 0.918. The van der Waals surface area contributed by atoms with E-state index in [0.29, 0.717) is 0 Å². The van der Waals surface area contributed by atoms with Crippen molar-refractivity contribution in [1.82, 2.24) is 0 Å². The summed E-state index contributed by atoms with van der Waals surface area (Å²) in [5.74, 6) is 0. The van der Waals surface area contributed by atoms with E-state index in [4.69, 9.17) is 0 Å². The Morgan fingerprint density at radius 3 is 2.56 bits per heavy atom. The number of hydrogen-bond donors (Lipinski definition) is 0. The highest BCUT2D eigenvalue weighted by molar-refractivity contribution is 5.59. The van der Waals surface area contributed by atoms with Gasteiger partial charge in [0.05, 0.1) is 7.11 Å². The van der Waals surface area contributed by atoms with E-state index in [0.717, 1.165) is 0 Å². The molecule has 9 heavy (non-hydrogen) atoms. The van der Waals surface area contributed by atoms with Gasteiger partial charge in [-0.25, -0.2) is 4.79 Å². The molecule has 0 heterocycles. The second-order valence-electron chi connectivity index (χ2n) is 1.61. The Bertz CT molecular complexity index is 90.3. The molecule has 0 aliphatic rings. The Labute approximate surface area is 55.0 Å². The molecule has 0 unspecified atom stereocenters. The lowest BCUT2D eigenvalue weighted by molar-refractivity contribution is 0.0535. The molecule has 0 N–H and O–H groups in total. The Morgan fingerprint density at radius 2 is 2.22 bits per heavy atom. The van der Waals surface area contributed by atoms with Crippen molar-refractivity contribution in [3.63, 3.8) is 0 Å². The van der Waals surface area contributed by atoms with Gasteiger partial charge in [0.1, 0.15) is 6.10 Å². The van der Waals surface area contributed by atoms with E-state index >= 15 is 0 Å². The molecule has 1 radical (unpaired) electrons. The molecule has 0 aliphatic carbocycles. The number of ether oxygens (including phenoxy) is 2. The molecule has 0 spiro atoms. The van der Waals surface area contributed by atoms with E-state index in [9.17, 15) is 4.79 Å². The highest BCUT2D eigenvalue weighted by Crippen LogP contribution is 1.95. The normalized spacial score (nSPS) is 12.3. The minimum Gasteiger partial charge on any atom is -0.438 e.